The SMILES string of the molecule is CC(=O)NC(C(=O)N1CCN(CC(=O)N2CCCCC2C)CC1)C(C)C. The topological polar surface area (TPSA) is 73.0 Å². The van der Waals surface area contributed by atoms with Crippen molar-refractivity contribution in [1.82, 2.24) is 20.0 Å². The van der Waals surface area contributed by atoms with Crippen LogP contribution in [0.4, 0.5) is 0 Å². The first-order valence-electron chi connectivity index (χ1n) is 9.87. The molecule has 0 aromatic rings. The van der Waals surface area contributed by atoms with Gasteiger partial charge in [-0.1, -0.05) is 13.8 Å². The fourth-order valence-corrected chi connectivity index (χ4v) is 3.81. The van der Waals surface area contributed by atoms with Gasteiger partial charge in [0, 0.05) is 45.7 Å². The molecule has 2 aliphatic rings. The van der Waals surface area contributed by atoms with Crippen LogP contribution in [0.25, 0.3) is 0 Å². The molecule has 2 fully saturated rings. The Hall–Kier alpha value is -1.63. The predicted octanol–water partition coefficient (Wildman–Crippen LogP) is 0.692. The van der Waals surface area contributed by atoms with Crippen molar-refractivity contribution in [1.29, 1.82) is 0 Å². The lowest BCUT2D eigenvalue weighted by Crippen LogP contribution is -2.57. The summed E-state index contributed by atoms with van der Waals surface area (Å²) in [6, 6.07) is -0.140. The summed E-state index contributed by atoms with van der Waals surface area (Å²) in [4.78, 5) is 42.6. The van der Waals surface area contributed by atoms with E-state index in [0.717, 1.165) is 19.4 Å². The van der Waals surface area contributed by atoms with Crippen LogP contribution in [0.5, 0.6) is 0 Å². The molecule has 0 aromatic heterocycles. The Labute approximate surface area is 157 Å². The number of likely N-dealkylation sites (tertiary alicyclic amines) is 1. The van der Waals surface area contributed by atoms with Crippen molar-refractivity contribution < 1.29 is 14.4 Å². The van der Waals surface area contributed by atoms with Crippen molar-refractivity contribution in [3.63, 3.8) is 0 Å². The molecule has 0 aromatic carbocycles. The fraction of sp³-hybridized carbons (Fsp3) is 0.842. The van der Waals surface area contributed by atoms with Gasteiger partial charge in [0.2, 0.25) is 17.7 Å². The van der Waals surface area contributed by atoms with Crippen LogP contribution in [0.15, 0.2) is 0 Å². The number of rotatable bonds is 5. The molecule has 2 saturated heterocycles. The van der Waals surface area contributed by atoms with E-state index in [9.17, 15) is 14.4 Å². The number of piperidine rings is 1. The molecule has 0 bridgehead atoms. The largest absolute Gasteiger partial charge is 0.344 e. The van der Waals surface area contributed by atoms with Gasteiger partial charge in [0.15, 0.2) is 0 Å². The second kappa shape index (κ2) is 9.35. The van der Waals surface area contributed by atoms with Gasteiger partial charge in [0.05, 0.1) is 6.54 Å². The molecule has 0 radical (unpaired) electrons. The highest BCUT2D eigenvalue weighted by molar-refractivity contribution is 5.87. The molecule has 26 heavy (non-hydrogen) atoms. The number of nitrogens with zero attached hydrogens (tertiary/aromatic N) is 3. The number of piperazine rings is 1. The van der Waals surface area contributed by atoms with Gasteiger partial charge in [-0.15, -0.1) is 0 Å². The second-order valence-electron chi connectivity index (χ2n) is 7.96. The Balaban J connectivity index is 1.83. The van der Waals surface area contributed by atoms with Crippen molar-refractivity contribution in [3.8, 4) is 0 Å². The van der Waals surface area contributed by atoms with Crippen LogP contribution in [0.1, 0.15) is 47.0 Å². The van der Waals surface area contributed by atoms with E-state index >= 15 is 0 Å². The molecule has 0 aliphatic carbocycles. The maximum Gasteiger partial charge on any atom is 0.245 e. The van der Waals surface area contributed by atoms with E-state index in [2.05, 4.69) is 17.1 Å². The lowest BCUT2D eigenvalue weighted by molar-refractivity contribution is -0.140. The molecule has 148 valence electrons. The van der Waals surface area contributed by atoms with E-state index in [-0.39, 0.29) is 23.6 Å². The minimum Gasteiger partial charge on any atom is -0.344 e. The molecule has 0 spiro atoms. The van der Waals surface area contributed by atoms with Crippen molar-refractivity contribution in [2.24, 2.45) is 5.92 Å². The number of amides is 3. The van der Waals surface area contributed by atoms with Gasteiger partial charge in [-0.2, -0.15) is 0 Å². The van der Waals surface area contributed by atoms with Crippen LogP contribution in [-0.2, 0) is 14.4 Å². The van der Waals surface area contributed by atoms with Gasteiger partial charge in [0.1, 0.15) is 6.04 Å². The zero-order valence-corrected chi connectivity index (χ0v) is 16.7. The smallest absolute Gasteiger partial charge is 0.245 e. The van der Waals surface area contributed by atoms with E-state index in [1.807, 2.05) is 23.6 Å². The van der Waals surface area contributed by atoms with E-state index in [1.165, 1.54) is 13.3 Å². The predicted molar refractivity (Wildman–Crippen MR) is 100 cm³/mol. The average molecular weight is 367 g/mol. The van der Waals surface area contributed by atoms with Crippen molar-refractivity contribution in [2.75, 3.05) is 39.3 Å². The number of hydrogen-bond donors (Lipinski definition) is 1. The summed E-state index contributed by atoms with van der Waals surface area (Å²) >= 11 is 0. The van der Waals surface area contributed by atoms with Crippen LogP contribution >= 0.6 is 0 Å². The van der Waals surface area contributed by atoms with Gasteiger partial charge in [-0.05, 0) is 32.1 Å². The van der Waals surface area contributed by atoms with Crippen molar-refractivity contribution >= 4 is 17.7 Å². The van der Waals surface area contributed by atoms with Crippen LogP contribution in [0.2, 0.25) is 0 Å². The molecule has 3 amide bonds. The van der Waals surface area contributed by atoms with E-state index in [0.29, 0.717) is 38.8 Å². The van der Waals surface area contributed by atoms with E-state index in [4.69, 9.17) is 0 Å². The molecule has 0 saturated carbocycles. The second-order valence-corrected chi connectivity index (χ2v) is 7.96. The van der Waals surface area contributed by atoms with Crippen LogP contribution in [0.3, 0.4) is 0 Å². The fourth-order valence-electron chi connectivity index (χ4n) is 3.81. The standard InChI is InChI=1S/C19H34N4O3/c1-14(2)18(20-16(4)24)19(26)22-11-9-21(10-12-22)13-17(25)23-8-6-5-7-15(23)3/h14-15,18H,5-13H2,1-4H3,(H,20,24). The molecular weight excluding hydrogens is 332 g/mol. The molecule has 2 aliphatic heterocycles. The van der Waals surface area contributed by atoms with E-state index in [1.54, 1.807) is 0 Å². The van der Waals surface area contributed by atoms with Gasteiger partial charge in [0.25, 0.3) is 0 Å². The summed E-state index contributed by atoms with van der Waals surface area (Å²) in [5, 5.41) is 2.76. The average Bonchev–Trinajstić information content (AvgIpc) is 2.59. The van der Waals surface area contributed by atoms with Crippen molar-refractivity contribution in [2.45, 2.75) is 59.0 Å². The van der Waals surface area contributed by atoms with Crippen molar-refractivity contribution in [3.05, 3.63) is 0 Å². The Bertz CT molecular complexity index is 515. The molecule has 7 heteroatoms. The number of carbonyl (C=O) groups excluding carboxylic acids is 3. The van der Waals surface area contributed by atoms with Gasteiger partial charge >= 0.3 is 0 Å². The van der Waals surface area contributed by atoms with Crippen LogP contribution < -0.4 is 5.32 Å². The summed E-state index contributed by atoms with van der Waals surface area (Å²) in [6.07, 6.45) is 3.39. The minimum atomic E-state index is -0.477. The van der Waals surface area contributed by atoms with Crippen LogP contribution in [-0.4, -0.2) is 83.8 Å². The third kappa shape index (κ3) is 5.43. The maximum absolute atomic E-state index is 12.7. The molecular formula is C19H34N4O3. The molecule has 2 atom stereocenters. The van der Waals surface area contributed by atoms with Gasteiger partial charge in [-0.25, -0.2) is 0 Å². The van der Waals surface area contributed by atoms with Gasteiger partial charge in [-0.3, -0.25) is 19.3 Å². The monoisotopic (exact) mass is 366 g/mol. The molecule has 2 rings (SSSR count). The Morgan fingerprint density at radius 3 is 2.23 bits per heavy atom. The summed E-state index contributed by atoms with van der Waals surface area (Å²) < 4.78 is 0. The maximum atomic E-state index is 12.7. The third-order valence-electron chi connectivity index (χ3n) is 5.46. The van der Waals surface area contributed by atoms with E-state index < -0.39 is 6.04 Å². The first kappa shape index (κ1) is 20.7. The summed E-state index contributed by atoms with van der Waals surface area (Å²) in [7, 11) is 0. The third-order valence-corrected chi connectivity index (χ3v) is 5.46. The first-order chi connectivity index (χ1) is 12.3. The molecule has 7 nitrogen and oxygen atoms in total. The first-order valence-corrected chi connectivity index (χ1v) is 9.87. The Morgan fingerprint density at radius 1 is 1.04 bits per heavy atom. The molecule has 2 heterocycles. The highest BCUT2D eigenvalue weighted by Gasteiger charge is 2.31. The highest BCUT2D eigenvalue weighted by atomic mass is 16.2. The quantitative estimate of drug-likeness (QED) is 0.777. The number of hydrogen-bond acceptors (Lipinski definition) is 4. The summed E-state index contributed by atoms with van der Waals surface area (Å²) in [5.74, 6) is 0.0460. The lowest BCUT2D eigenvalue weighted by Gasteiger charge is -2.39. The summed E-state index contributed by atoms with van der Waals surface area (Å²) in [6.45, 7) is 11.3. The lowest BCUT2D eigenvalue weighted by atomic mass is 10.0. The number of carbonyl (C=O) groups is 3. The Kier molecular flexibility index (Phi) is 7.43. The summed E-state index contributed by atoms with van der Waals surface area (Å²) in [5.41, 5.74) is 0. The normalized spacial score (nSPS) is 23.0. The van der Waals surface area contributed by atoms with Gasteiger partial charge < -0.3 is 15.1 Å². The minimum absolute atomic E-state index is 0.0224. The zero-order chi connectivity index (χ0) is 19.3. The zero-order valence-electron chi connectivity index (χ0n) is 16.7. The van der Waals surface area contributed by atoms with Crippen LogP contribution in [0, 0.1) is 5.92 Å². The molecule has 1 N–H and O–H groups in total. The molecule has 2 unspecified atom stereocenters. The Morgan fingerprint density at radius 2 is 1.69 bits per heavy atom. The number of nitrogens with one attached hydrogen (secondary N) is 1. The highest BCUT2D eigenvalue weighted by Crippen LogP contribution is 2.17.